The topological polar surface area (TPSA) is 65.0 Å². The minimum absolute atomic E-state index is 0.530. The Labute approximate surface area is 120 Å². The molecule has 3 aromatic rings. The summed E-state index contributed by atoms with van der Waals surface area (Å²) >= 11 is 1.44. The predicted molar refractivity (Wildman–Crippen MR) is 75.3 cm³/mol. The highest BCUT2D eigenvalue weighted by molar-refractivity contribution is 7.98. The first-order valence-corrected chi connectivity index (χ1v) is 7.15. The van der Waals surface area contributed by atoms with Gasteiger partial charge in [0.1, 0.15) is 5.76 Å². The van der Waals surface area contributed by atoms with Gasteiger partial charge in [0.15, 0.2) is 0 Å². The van der Waals surface area contributed by atoms with Crippen LogP contribution in [0.15, 0.2) is 44.5 Å². The van der Waals surface area contributed by atoms with Crippen molar-refractivity contribution in [3.05, 3.63) is 47.3 Å². The third-order valence-electron chi connectivity index (χ3n) is 2.69. The van der Waals surface area contributed by atoms with Gasteiger partial charge in [-0.15, -0.1) is 10.2 Å². The zero-order valence-electron chi connectivity index (χ0n) is 11.2. The standard InChI is InChI=1S/C14H13N3O2S/c1-9-4-3-5-11(6-9)13-15-16-14(18-13)20-8-12-7-10(2)19-17-12/h3-7H,8H2,1-2H3. The van der Waals surface area contributed by atoms with Crippen LogP contribution in [-0.2, 0) is 5.75 Å². The van der Waals surface area contributed by atoms with E-state index in [2.05, 4.69) is 15.4 Å². The van der Waals surface area contributed by atoms with Crippen molar-refractivity contribution in [1.82, 2.24) is 15.4 Å². The number of aryl methyl sites for hydroxylation is 2. The summed E-state index contributed by atoms with van der Waals surface area (Å²) in [6.45, 7) is 3.89. The molecule has 0 aliphatic carbocycles. The van der Waals surface area contributed by atoms with Gasteiger partial charge in [0.05, 0.1) is 5.69 Å². The molecule has 6 heteroatoms. The van der Waals surface area contributed by atoms with Gasteiger partial charge in [-0.25, -0.2) is 0 Å². The molecule has 0 fully saturated rings. The molecule has 0 saturated heterocycles. The van der Waals surface area contributed by atoms with E-state index in [0.29, 0.717) is 16.9 Å². The van der Waals surface area contributed by atoms with E-state index in [9.17, 15) is 0 Å². The van der Waals surface area contributed by atoms with Gasteiger partial charge in [0.2, 0.25) is 5.89 Å². The molecule has 0 aliphatic rings. The fourth-order valence-corrected chi connectivity index (χ4v) is 2.43. The Kier molecular flexibility index (Phi) is 3.56. The van der Waals surface area contributed by atoms with Crippen LogP contribution >= 0.6 is 11.8 Å². The van der Waals surface area contributed by atoms with Gasteiger partial charge < -0.3 is 8.94 Å². The lowest BCUT2D eigenvalue weighted by molar-refractivity contribution is 0.392. The maximum atomic E-state index is 5.64. The maximum Gasteiger partial charge on any atom is 0.277 e. The molecule has 5 nitrogen and oxygen atoms in total. The molecule has 0 atom stereocenters. The van der Waals surface area contributed by atoms with Crippen molar-refractivity contribution in [2.45, 2.75) is 24.8 Å². The van der Waals surface area contributed by atoms with E-state index in [4.69, 9.17) is 8.94 Å². The van der Waals surface area contributed by atoms with Crippen LogP contribution in [0.3, 0.4) is 0 Å². The quantitative estimate of drug-likeness (QED) is 0.683. The van der Waals surface area contributed by atoms with Crippen molar-refractivity contribution >= 4 is 11.8 Å². The lowest BCUT2D eigenvalue weighted by Crippen LogP contribution is -1.79. The summed E-state index contributed by atoms with van der Waals surface area (Å²) in [6.07, 6.45) is 0. The Bertz CT molecular complexity index is 721. The first-order chi connectivity index (χ1) is 9.70. The normalized spacial score (nSPS) is 10.9. The highest BCUT2D eigenvalue weighted by Crippen LogP contribution is 2.25. The molecule has 0 bridgehead atoms. The second kappa shape index (κ2) is 5.50. The van der Waals surface area contributed by atoms with Gasteiger partial charge in [0.25, 0.3) is 5.22 Å². The second-order valence-corrected chi connectivity index (χ2v) is 5.39. The fraction of sp³-hybridized carbons (Fsp3) is 0.214. The number of benzene rings is 1. The molecular weight excluding hydrogens is 274 g/mol. The SMILES string of the molecule is Cc1cccc(-c2nnc(SCc3cc(C)on3)o2)c1. The van der Waals surface area contributed by atoms with Gasteiger partial charge >= 0.3 is 0 Å². The molecule has 2 aromatic heterocycles. The average Bonchev–Trinajstić information content (AvgIpc) is 3.05. The van der Waals surface area contributed by atoms with Crippen LogP contribution in [0.2, 0.25) is 0 Å². The zero-order valence-corrected chi connectivity index (χ0v) is 12.0. The van der Waals surface area contributed by atoms with Gasteiger partial charge in [0, 0.05) is 17.4 Å². The van der Waals surface area contributed by atoms with E-state index < -0.39 is 0 Å². The number of rotatable bonds is 4. The Morgan fingerprint density at radius 1 is 1.15 bits per heavy atom. The maximum absolute atomic E-state index is 5.64. The molecule has 2 heterocycles. The summed E-state index contributed by atoms with van der Waals surface area (Å²) in [6, 6.07) is 9.87. The molecule has 20 heavy (non-hydrogen) atoms. The summed E-state index contributed by atoms with van der Waals surface area (Å²) in [4.78, 5) is 0. The molecule has 3 rings (SSSR count). The molecule has 0 spiro atoms. The van der Waals surface area contributed by atoms with Gasteiger partial charge in [-0.1, -0.05) is 34.6 Å². The predicted octanol–water partition coefficient (Wildman–Crippen LogP) is 3.63. The first-order valence-electron chi connectivity index (χ1n) is 6.16. The van der Waals surface area contributed by atoms with Crippen LogP contribution in [0.25, 0.3) is 11.5 Å². The van der Waals surface area contributed by atoms with Crippen molar-refractivity contribution < 1.29 is 8.94 Å². The Hall–Kier alpha value is -2.08. The molecular formula is C14H13N3O2S. The van der Waals surface area contributed by atoms with Crippen molar-refractivity contribution in [1.29, 1.82) is 0 Å². The lowest BCUT2D eigenvalue weighted by Gasteiger charge is -1.95. The summed E-state index contributed by atoms with van der Waals surface area (Å²) in [5.74, 6) is 1.98. The number of thioether (sulfide) groups is 1. The van der Waals surface area contributed by atoms with E-state index in [1.54, 1.807) is 0 Å². The summed E-state index contributed by atoms with van der Waals surface area (Å²) < 4.78 is 10.6. The third-order valence-corrected chi connectivity index (χ3v) is 3.54. The second-order valence-electron chi connectivity index (χ2n) is 4.46. The summed E-state index contributed by atoms with van der Waals surface area (Å²) in [7, 11) is 0. The third kappa shape index (κ3) is 2.91. The molecule has 0 N–H and O–H groups in total. The Morgan fingerprint density at radius 3 is 2.80 bits per heavy atom. The van der Waals surface area contributed by atoms with E-state index in [1.807, 2.05) is 44.2 Å². The number of hydrogen-bond donors (Lipinski definition) is 0. The zero-order chi connectivity index (χ0) is 13.9. The van der Waals surface area contributed by atoms with Crippen LogP contribution in [0.5, 0.6) is 0 Å². The monoisotopic (exact) mass is 287 g/mol. The number of aromatic nitrogens is 3. The van der Waals surface area contributed by atoms with Gasteiger partial charge in [-0.3, -0.25) is 0 Å². The molecule has 1 aromatic carbocycles. The van der Waals surface area contributed by atoms with Crippen molar-refractivity contribution in [3.8, 4) is 11.5 Å². The van der Waals surface area contributed by atoms with Crippen LogP contribution in [-0.4, -0.2) is 15.4 Å². The van der Waals surface area contributed by atoms with Crippen LogP contribution in [0.1, 0.15) is 17.0 Å². The first kappa shape index (κ1) is 12.9. The molecule has 0 saturated carbocycles. The highest BCUT2D eigenvalue weighted by atomic mass is 32.2. The molecule has 0 unspecified atom stereocenters. The van der Waals surface area contributed by atoms with Crippen LogP contribution < -0.4 is 0 Å². The molecule has 0 radical (unpaired) electrons. The molecule has 0 aliphatic heterocycles. The minimum atomic E-state index is 0.530. The van der Waals surface area contributed by atoms with Crippen molar-refractivity contribution in [2.75, 3.05) is 0 Å². The summed E-state index contributed by atoms with van der Waals surface area (Å²) in [5, 5.41) is 12.5. The number of nitrogens with zero attached hydrogens (tertiary/aromatic N) is 3. The van der Waals surface area contributed by atoms with Gasteiger partial charge in [-0.05, 0) is 26.0 Å². The summed E-state index contributed by atoms with van der Waals surface area (Å²) in [5.41, 5.74) is 2.96. The highest BCUT2D eigenvalue weighted by Gasteiger charge is 2.10. The molecule has 102 valence electrons. The Balaban J connectivity index is 1.70. The fourth-order valence-electron chi connectivity index (χ4n) is 1.78. The average molecular weight is 287 g/mol. The van der Waals surface area contributed by atoms with Crippen LogP contribution in [0.4, 0.5) is 0 Å². The van der Waals surface area contributed by atoms with E-state index >= 15 is 0 Å². The number of hydrogen-bond acceptors (Lipinski definition) is 6. The van der Waals surface area contributed by atoms with E-state index in [1.165, 1.54) is 11.8 Å². The Morgan fingerprint density at radius 2 is 2.05 bits per heavy atom. The van der Waals surface area contributed by atoms with Crippen molar-refractivity contribution in [2.24, 2.45) is 0 Å². The lowest BCUT2D eigenvalue weighted by atomic mass is 10.1. The van der Waals surface area contributed by atoms with E-state index in [0.717, 1.165) is 22.6 Å². The minimum Gasteiger partial charge on any atom is -0.411 e. The molecule has 0 amide bonds. The largest absolute Gasteiger partial charge is 0.411 e. The van der Waals surface area contributed by atoms with Gasteiger partial charge in [-0.2, -0.15) is 0 Å². The van der Waals surface area contributed by atoms with Crippen molar-refractivity contribution in [3.63, 3.8) is 0 Å². The van der Waals surface area contributed by atoms with Crippen LogP contribution in [0, 0.1) is 13.8 Å². The smallest absolute Gasteiger partial charge is 0.277 e. The van der Waals surface area contributed by atoms with E-state index in [-0.39, 0.29) is 0 Å².